The molecule has 0 aliphatic carbocycles. The lowest BCUT2D eigenvalue weighted by molar-refractivity contribution is -0.121. The van der Waals surface area contributed by atoms with Crippen LogP contribution in [0.5, 0.6) is 0 Å². The van der Waals surface area contributed by atoms with Crippen LogP contribution in [0.2, 0.25) is 6.04 Å². The maximum absolute atomic E-state index is 12.2. The highest BCUT2D eigenvalue weighted by Gasteiger charge is 2.54. The maximum atomic E-state index is 12.2. The molecule has 3 rings (SSSR count). The summed E-state index contributed by atoms with van der Waals surface area (Å²) < 4.78 is 18.8. The van der Waals surface area contributed by atoms with Crippen LogP contribution in [0.3, 0.4) is 0 Å². The van der Waals surface area contributed by atoms with Crippen LogP contribution in [-0.2, 0) is 35.8 Å². The molecule has 2 bridgehead atoms. The van der Waals surface area contributed by atoms with Crippen molar-refractivity contribution in [1.82, 2.24) is 20.3 Å². The van der Waals surface area contributed by atoms with Crippen molar-refractivity contribution in [2.24, 2.45) is 0 Å². The molecule has 1 amide bonds. The molecule has 2 aliphatic rings. The first kappa shape index (κ1) is 22.1. The molecule has 0 radical (unpaired) electrons. The van der Waals surface area contributed by atoms with E-state index in [1.54, 1.807) is 0 Å². The number of rotatable bonds is 13. The summed E-state index contributed by atoms with van der Waals surface area (Å²) in [5, 5.41) is 11.2. The van der Waals surface area contributed by atoms with Gasteiger partial charge in [-0.3, -0.25) is 14.3 Å². The third-order valence-corrected chi connectivity index (χ3v) is 7.79. The predicted octanol–water partition coefficient (Wildman–Crippen LogP) is 1.64. The first-order chi connectivity index (χ1) is 13.9. The second-order valence-electron chi connectivity index (χ2n) is 8.09. The summed E-state index contributed by atoms with van der Waals surface area (Å²) in [4.78, 5) is 23.8. The van der Waals surface area contributed by atoms with E-state index in [0.717, 1.165) is 31.5 Å². The topological polar surface area (TPSA) is 105 Å². The Morgan fingerprint density at radius 2 is 2.00 bits per heavy atom. The van der Waals surface area contributed by atoms with Gasteiger partial charge in [-0.15, -0.1) is 5.10 Å². The number of hydrogen-bond donors (Lipinski definition) is 1. The SMILES string of the molecule is CC(C)NC(=O)CCCCCn1cc(CCC(=O)CC[Si]23OCC(CO2)O3)nn1. The molecule has 29 heavy (non-hydrogen) atoms. The quantitative estimate of drug-likeness (QED) is 0.379. The van der Waals surface area contributed by atoms with E-state index in [1.165, 1.54) is 0 Å². The van der Waals surface area contributed by atoms with Gasteiger partial charge in [0.2, 0.25) is 5.91 Å². The van der Waals surface area contributed by atoms with E-state index in [9.17, 15) is 9.59 Å². The lowest BCUT2D eigenvalue weighted by Gasteiger charge is -2.18. The largest absolute Gasteiger partial charge is 0.501 e. The van der Waals surface area contributed by atoms with E-state index in [0.29, 0.717) is 44.9 Å². The summed E-state index contributed by atoms with van der Waals surface area (Å²) in [5.41, 5.74) is 0.829. The number of carbonyl (C=O) groups is 2. The molecule has 0 atom stereocenters. The molecule has 2 saturated heterocycles. The smallest absolute Gasteiger partial charge is 0.371 e. The third kappa shape index (κ3) is 6.98. The Labute approximate surface area is 172 Å². The fraction of sp³-hybridized carbons (Fsp3) is 0.789. The van der Waals surface area contributed by atoms with Crippen LogP contribution >= 0.6 is 0 Å². The minimum absolute atomic E-state index is 0.0731. The van der Waals surface area contributed by atoms with Gasteiger partial charge in [-0.25, -0.2) is 0 Å². The van der Waals surface area contributed by atoms with Crippen LogP contribution in [0.25, 0.3) is 0 Å². The van der Waals surface area contributed by atoms with Gasteiger partial charge in [0.25, 0.3) is 0 Å². The van der Waals surface area contributed by atoms with Crippen molar-refractivity contribution >= 4 is 20.5 Å². The van der Waals surface area contributed by atoms with Crippen LogP contribution in [-0.4, -0.2) is 60.8 Å². The minimum atomic E-state index is -2.51. The fourth-order valence-electron chi connectivity index (χ4n) is 3.50. The number of hydrogen-bond acceptors (Lipinski definition) is 7. The summed E-state index contributed by atoms with van der Waals surface area (Å²) in [6.07, 6.45) is 6.79. The number of nitrogens with one attached hydrogen (secondary N) is 1. The molecule has 162 valence electrons. The zero-order valence-corrected chi connectivity index (χ0v) is 18.4. The second-order valence-corrected chi connectivity index (χ2v) is 10.8. The molecular formula is C19H32N4O5Si. The number of nitrogens with zero attached hydrogens (tertiary/aromatic N) is 3. The van der Waals surface area contributed by atoms with Crippen molar-refractivity contribution in [3.8, 4) is 0 Å². The van der Waals surface area contributed by atoms with Crippen LogP contribution in [0.15, 0.2) is 6.20 Å². The van der Waals surface area contributed by atoms with Crippen LogP contribution < -0.4 is 5.32 Å². The number of fused-ring (bicyclic) bond motifs is 2. The highest BCUT2D eigenvalue weighted by atomic mass is 28.4. The maximum Gasteiger partial charge on any atom is 0.501 e. The summed E-state index contributed by atoms with van der Waals surface area (Å²) in [5.74, 6) is 0.285. The van der Waals surface area contributed by atoms with Crippen molar-refractivity contribution in [3.63, 3.8) is 0 Å². The van der Waals surface area contributed by atoms with E-state index in [-0.39, 0.29) is 23.8 Å². The molecule has 10 heteroatoms. The third-order valence-electron chi connectivity index (χ3n) is 5.02. The monoisotopic (exact) mass is 424 g/mol. The van der Waals surface area contributed by atoms with Crippen molar-refractivity contribution in [3.05, 3.63) is 11.9 Å². The van der Waals surface area contributed by atoms with Crippen LogP contribution in [0, 0.1) is 0 Å². The minimum Gasteiger partial charge on any atom is -0.371 e. The van der Waals surface area contributed by atoms with Gasteiger partial charge in [0.05, 0.1) is 25.0 Å². The molecule has 2 fully saturated rings. The molecular weight excluding hydrogens is 392 g/mol. The van der Waals surface area contributed by atoms with E-state index < -0.39 is 8.80 Å². The zero-order chi connectivity index (χ0) is 20.7. The molecule has 1 N–H and O–H groups in total. The van der Waals surface area contributed by atoms with Gasteiger partial charge in [-0.05, 0) is 33.1 Å². The molecule has 9 nitrogen and oxygen atoms in total. The van der Waals surface area contributed by atoms with Gasteiger partial charge in [-0.2, -0.15) is 0 Å². The van der Waals surface area contributed by atoms with Gasteiger partial charge in [0.15, 0.2) is 0 Å². The molecule has 0 spiro atoms. The van der Waals surface area contributed by atoms with E-state index in [1.807, 2.05) is 24.7 Å². The van der Waals surface area contributed by atoms with Crippen molar-refractivity contribution in [2.75, 3.05) is 13.2 Å². The molecule has 0 aromatic carbocycles. The average Bonchev–Trinajstić information content (AvgIpc) is 3.40. The Hall–Kier alpha value is -1.62. The Morgan fingerprint density at radius 1 is 1.21 bits per heavy atom. The number of Topliss-reactive ketones (excluding diaryl/α,β-unsaturated/α-hetero) is 1. The van der Waals surface area contributed by atoms with Gasteiger partial charge in [0.1, 0.15) is 5.78 Å². The summed E-state index contributed by atoms with van der Waals surface area (Å²) in [6.45, 7) is 5.91. The van der Waals surface area contributed by atoms with E-state index in [4.69, 9.17) is 13.3 Å². The number of aryl methyl sites for hydroxylation is 2. The Bertz CT molecular complexity index is 688. The summed E-state index contributed by atoms with van der Waals surface area (Å²) >= 11 is 0. The summed E-state index contributed by atoms with van der Waals surface area (Å²) in [6, 6.07) is 0.766. The summed E-state index contributed by atoms with van der Waals surface area (Å²) in [7, 11) is -2.51. The van der Waals surface area contributed by atoms with Gasteiger partial charge >= 0.3 is 8.80 Å². The fourth-order valence-corrected chi connectivity index (χ4v) is 6.24. The number of unbranched alkanes of at least 4 members (excludes halogenated alkanes) is 2. The lowest BCUT2D eigenvalue weighted by Crippen LogP contribution is -2.38. The first-order valence-electron chi connectivity index (χ1n) is 10.6. The van der Waals surface area contributed by atoms with Gasteiger partial charge < -0.3 is 18.6 Å². The normalized spacial score (nSPS) is 23.1. The van der Waals surface area contributed by atoms with E-state index >= 15 is 0 Å². The Kier molecular flexibility index (Phi) is 7.93. The highest BCUT2D eigenvalue weighted by molar-refractivity contribution is 6.62. The molecule has 3 heterocycles. The number of ketones is 1. The van der Waals surface area contributed by atoms with E-state index in [2.05, 4.69) is 15.6 Å². The van der Waals surface area contributed by atoms with Gasteiger partial charge in [-0.1, -0.05) is 11.6 Å². The van der Waals surface area contributed by atoms with Crippen molar-refractivity contribution in [1.29, 1.82) is 0 Å². The Morgan fingerprint density at radius 3 is 2.69 bits per heavy atom. The zero-order valence-electron chi connectivity index (χ0n) is 17.4. The van der Waals surface area contributed by atoms with Crippen LogP contribution in [0.4, 0.5) is 0 Å². The van der Waals surface area contributed by atoms with Gasteiger partial charge in [0, 0.05) is 44.1 Å². The van der Waals surface area contributed by atoms with Crippen LogP contribution in [0.1, 0.15) is 58.1 Å². The highest BCUT2D eigenvalue weighted by Crippen LogP contribution is 2.32. The molecule has 0 unspecified atom stereocenters. The molecule has 1 aromatic rings. The average molecular weight is 425 g/mol. The number of carbonyl (C=O) groups excluding carboxylic acids is 2. The standard InChI is InChI=1S/C19H32N4O5Si/c1-15(2)20-19(25)6-4-3-5-10-23-12-16(21-22-23)7-8-17(24)9-11-29-26-13-18(28-29)14-27-29/h12,15,18H,3-11,13-14H2,1-2H3,(H,20,25). The molecule has 1 aromatic heterocycles. The molecule has 0 saturated carbocycles. The molecule has 2 aliphatic heterocycles. The number of amides is 1. The lowest BCUT2D eigenvalue weighted by atomic mass is 10.1. The second kappa shape index (κ2) is 10.4. The Balaban J connectivity index is 1.26. The van der Waals surface area contributed by atoms with Crippen molar-refractivity contribution < 1.29 is 22.9 Å². The van der Waals surface area contributed by atoms with Crippen molar-refractivity contribution in [2.45, 2.75) is 83.5 Å². The predicted molar refractivity (Wildman–Crippen MR) is 107 cm³/mol. The first-order valence-corrected chi connectivity index (χ1v) is 12.5. The number of aromatic nitrogens is 3.